The van der Waals surface area contributed by atoms with E-state index in [4.69, 9.17) is 4.74 Å². The maximum absolute atomic E-state index is 12.2. The van der Waals surface area contributed by atoms with E-state index in [0.29, 0.717) is 6.61 Å². The lowest BCUT2D eigenvalue weighted by molar-refractivity contribution is -0.144. The number of esters is 1. The van der Waals surface area contributed by atoms with E-state index in [1.165, 1.54) is 5.56 Å². The molecule has 126 valence electrons. The zero-order valence-corrected chi connectivity index (χ0v) is 15.0. The van der Waals surface area contributed by atoms with Crippen LogP contribution >= 0.6 is 11.8 Å². The first kappa shape index (κ1) is 17.3. The number of carbonyl (C=O) groups excluding carboxylic acids is 1. The van der Waals surface area contributed by atoms with Crippen LogP contribution in [0.1, 0.15) is 16.7 Å². The Balaban J connectivity index is 1.64. The lowest BCUT2D eigenvalue weighted by Gasteiger charge is -2.10. The van der Waals surface area contributed by atoms with Gasteiger partial charge in [-0.05, 0) is 36.2 Å². The fraction of sp³-hybridized carbons (Fsp3) is 0.136. The molecule has 0 bridgehead atoms. The van der Waals surface area contributed by atoms with Crippen LogP contribution in [0, 0.1) is 6.92 Å². The number of aryl methyl sites for hydroxylation is 1. The van der Waals surface area contributed by atoms with Gasteiger partial charge in [0.2, 0.25) is 0 Å². The molecule has 2 nitrogen and oxygen atoms in total. The Kier molecular flexibility index (Phi) is 5.91. The maximum atomic E-state index is 12.2. The molecule has 3 rings (SSSR count). The first-order valence-corrected chi connectivity index (χ1v) is 9.04. The summed E-state index contributed by atoms with van der Waals surface area (Å²) in [5.74, 6) is -0.208. The summed E-state index contributed by atoms with van der Waals surface area (Å²) >= 11 is 1.67. The highest BCUT2D eigenvalue weighted by atomic mass is 32.2. The molecule has 0 spiro atoms. The SMILES string of the molecule is Cc1ccc(Sc2ccccc2CC(=O)OCc2ccccc2)cc1. The summed E-state index contributed by atoms with van der Waals surface area (Å²) in [4.78, 5) is 14.5. The summed E-state index contributed by atoms with van der Waals surface area (Å²) in [6, 6.07) is 26.1. The maximum Gasteiger partial charge on any atom is 0.310 e. The summed E-state index contributed by atoms with van der Waals surface area (Å²) in [6.07, 6.45) is 0.280. The fourth-order valence-electron chi connectivity index (χ4n) is 2.43. The van der Waals surface area contributed by atoms with Crippen molar-refractivity contribution < 1.29 is 9.53 Å². The van der Waals surface area contributed by atoms with Crippen LogP contribution in [0.5, 0.6) is 0 Å². The van der Waals surface area contributed by atoms with Crippen LogP contribution < -0.4 is 0 Å². The molecule has 0 aliphatic rings. The average molecular weight is 348 g/mol. The van der Waals surface area contributed by atoms with Gasteiger partial charge in [0.25, 0.3) is 0 Å². The van der Waals surface area contributed by atoms with Crippen molar-refractivity contribution in [2.75, 3.05) is 0 Å². The lowest BCUT2D eigenvalue weighted by Crippen LogP contribution is -2.08. The van der Waals surface area contributed by atoms with Crippen molar-refractivity contribution in [3.63, 3.8) is 0 Å². The van der Waals surface area contributed by atoms with Crippen molar-refractivity contribution in [3.8, 4) is 0 Å². The van der Waals surface area contributed by atoms with E-state index >= 15 is 0 Å². The van der Waals surface area contributed by atoms with Crippen LogP contribution in [-0.2, 0) is 22.6 Å². The predicted molar refractivity (Wildman–Crippen MR) is 102 cm³/mol. The minimum absolute atomic E-state index is 0.208. The molecule has 0 aliphatic carbocycles. The third-order valence-electron chi connectivity index (χ3n) is 3.80. The van der Waals surface area contributed by atoms with Crippen LogP contribution in [0.15, 0.2) is 88.7 Å². The summed E-state index contributed by atoms with van der Waals surface area (Å²) in [5.41, 5.74) is 3.23. The Bertz CT molecular complexity index is 826. The van der Waals surface area contributed by atoms with E-state index in [-0.39, 0.29) is 12.4 Å². The van der Waals surface area contributed by atoms with Crippen LogP contribution in [0.25, 0.3) is 0 Å². The van der Waals surface area contributed by atoms with Gasteiger partial charge in [-0.3, -0.25) is 4.79 Å². The molecule has 3 aromatic carbocycles. The third-order valence-corrected chi connectivity index (χ3v) is 4.92. The first-order valence-electron chi connectivity index (χ1n) is 8.23. The smallest absolute Gasteiger partial charge is 0.310 e. The van der Waals surface area contributed by atoms with Crippen molar-refractivity contribution in [1.29, 1.82) is 0 Å². The van der Waals surface area contributed by atoms with Gasteiger partial charge in [0.1, 0.15) is 6.61 Å². The molecule has 3 aromatic rings. The lowest BCUT2D eigenvalue weighted by atomic mass is 10.1. The molecule has 0 N–H and O–H groups in total. The second-order valence-electron chi connectivity index (χ2n) is 5.85. The molecule has 25 heavy (non-hydrogen) atoms. The molecule has 0 fully saturated rings. The molecule has 0 unspecified atom stereocenters. The molecule has 0 saturated heterocycles. The first-order chi connectivity index (χ1) is 12.2. The molecule has 0 atom stereocenters. The van der Waals surface area contributed by atoms with E-state index in [2.05, 4.69) is 31.2 Å². The van der Waals surface area contributed by atoms with Gasteiger partial charge in [0.15, 0.2) is 0 Å². The van der Waals surface area contributed by atoms with Crippen LogP contribution in [0.4, 0.5) is 0 Å². The summed E-state index contributed by atoms with van der Waals surface area (Å²) < 4.78 is 5.40. The number of benzene rings is 3. The molecule has 0 aliphatic heterocycles. The summed E-state index contributed by atoms with van der Waals surface area (Å²) in [5, 5.41) is 0. The average Bonchev–Trinajstić information content (AvgIpc) is 2.64. The number of carbonyl (C=O) groups is 1. The second kappa shape index (κ2) is 8.54. The number of rotatable bonds is 6. The summed E-state index contributed by atoms with van der Waals surface area (Å²) in [7, 11) is 0. The normalized spacial score (nSPS) is 10.4. The number of ether oxygens (including phenoxy) is 1. The zero-order valence-electron chi connectivity index (χ0n) is 14.1. The number of hydrogen-bond donors (Lipinski definition) is 0. The molecular formula is C22H20O2S. The minimum atomic E-state index is -0.208. The Morgan fingerprint density at radius 2 is 1.56 bits per heavy atom. The Morgan fingerprint density at radius 3 is 2.32 bits per heavy atom. The van der Waals surface area contributed by atoms with Gasteiger partial charge >= 0.3 is 5.97 Å². The van der Waals surface area contributed by atoms with Gasteiger partial charge in [-0.2, -0.15) is 0 Å². The van der Waals surface area contributed by atoms with E-state index in [9.17, 15) is 4.79 Å². The monoisotopic (exact) mass is 348 g/mol. The second-order valence-corrected chi connectivity index (χ2v) is 6.96. The molecule has 3 heteroatoms. The Labute approximate surface area is 152 Å². The quantitative estimate of drug-likeness (QED) is 0.556. The van der Waals surface area contributed by atoms with Crippen molar-refractivity contribution in [2.45, 2.75) is 29.7 Å². The third kappa shape index (κ3) is 5.23. The molecule has 0 aromatic heterocycles. The molecule has 0 radical (unpaired) electrons. The van der Waals surface area contributed by atoms with E-state index < -0.39 is 0 Å². The van der Waals surface area contributed by atoms with Crippen molar-refractivity contribution in [2.24, 2.45) is 0 Å². The highest BCUT2D eigenvalue weighted by Gasteiger charge is 2.10. The highest BCUT2D eigenvalue weighted by Crippen LogP contribution is 2.31. The van der Waals surface area contributed by atoms with Crippen molar-refractivity contribution >= 4 is 17.7 Å². The molecule has 0 heterocycles. The topological polar surface area (TPSA) is 26.3 Å². The van der Waals surface area contributed by atoms with Gasteiger partial charge in [0, 0.05) is 9.79 Å². The number of hydrogen-bond acceptors (Lipinski definition) is 3. The van der Waals surface area contributed by atoms with Gasteiger partial charge in [-0.15, -0.1) is 0 Å². The van der Waals surface area contributed by atoms with Gasteiger partial charge in [-0.1, -0.05) is 78.0 Å². The van der Waals surface area contributed by atoms with Crippen molar-refractivity contribution in [3.05, 3.63) is 95.6 Å². The van der Waals surface area contributed by atoms with Gasteiger partial charge in [0.05, 0.1) is 6.42 Å². The Morgan fingerprint density at radius 1 is 0.880 bits per heavy atom. The largest absolute Gasteiger partial charge is 0.461 e. The molecule has 0 saturated carbocycles. The standard InChI is InChI=1S/C22H20O2S/c1-17-11-13-20(14-12-17)25-21-10-6-5-9-19(21)15-22(23)24-16-18-7-3-2-4-8-18/h2-14H,15-16H2,1H3. The van der Waals surface area contributed by atoms with E-state index in [1.807, 2.05) is 54.6 Å². The summed E-state index contributed by atoms with van der Waals surface area (Å²) in [6.45, 7) is 2.39. The van der Waals surface area contributed by atoms with Gasteiger partial charge in [-0.25, -0.2) is 0 Å². The molecular weight excluding hydrogens is 328 g/mol. The van der Waals surface area contributed by atoms with E-state index in [0.717, 1.165) is 20.9 Å². The Hall–Kier alpha value is -2.52. The highest BCUT2D eigenvalue weighted by molar-refractivity contribution is 7.99. The zero-order chi connectivity index (χ0) is 17.5. The predicted octanol–water partition coefficient (Wildman–Crippen LogP) is 5.43. The van der Waals surface area contributed by atoms with Crippen LogP contribution in [0.3, 0.4) is 0 Å². The van der Waals surface area contributed by atoms with Crippen LogP contribution in [0.2, 0.25) is 0 Å². The van der Waals surface area contributed by atoms with Gasteiger partial charge < -0.3 is 4.74 Å². The van der Waals surface area contributed by atoms with E-state index in [1.54, 1.807) is 11.8 Å². The fourth-order valence-corrected chi connectivity index (χ4v) is 3.37. The molecule has 0 amide bonds. The van der Waals surface area contributed by atoms with Crippen LogP contribution in [-0.4, -0.2) is 5.97 Å². The van der Waals surface area contributed by atoms with Crippen molar-refractivity contribution in [1.82, 2.24) is 0 Å². The minimum Gasteiger partial charge on any atom is -0.461 e.